The van der Waals surface area contributed by atoms with E-state index in [2.05, 4.69) is 13.8 Å². The summed E-state index contributed by atoms with van der Waals surface area (Å²) in [4.78, 5) is 23.5. The fraction of sp³-hybridized carbons (Fsp3) is 0.818. The zero-order chi connectivity index (χ0) is 18.3. The summed E-state index contributed by atoms with van der Waals surface area (Å²) >= 11 is 0. The van der Waals surface area contributed by atoms with E-state index in [1.54, 1.807) is 11.1 Å². The molecule has 2 unspecified atom stereocenters. The van der Waals surface area contributed by atoms with E-state index >= 15 is 0 Å². The van der Waals surface area contributed by atoms with Gasteiger partial charge >= 0.3 is 5.97 Å². The molecule has 4 nitrogen and oxygen atoms in total. The first-order valence-corrected chi connectivity index (χ1v) is 10.4. The van der Waals surface area contributed by atoms with Crippen molar-refractivity contribution in [3.05, 3.63) is 11.1 Å². The summed E-state index contributed by atoms with van der Waals surface area (Å²) in [5.41, 5.74) is 3.30. The minimum Gasteiger partial charge on any atom is -0.465 e. The van der Waals surface area contributed by atoms with Crippen molar-refractivity contribution in [2.45, 2.75) is 83.8 Å². The van der Waals surface area contributed by atoms with Crippen molar-refractivity contribution >= 4 is 11.8 Å². The smallest absolute Gasteiger partial charge is 0.302 e. The van der Waals surface area contributed by atoms with Crippen LogP contribution in [0.15, 0.2) is 11.1 Å². The standard InChI is InChI=1S/C22H30O4/c1-13(23)25-12-20(2)9-6-14-15-7-11-22-19(26-22)18(24)8-10-21(22,3)17(15)5-4-16(14)20/h15,17,19H,4-12H2,1-3H3/t15-,17-,19?,20-,21+,22?/m0/s1. The number of hydrogen-bond donors (Lipinski definition) is 0. The lowest BCUT2D eigenvalue weighted by molar-refractivity contribution is -0.143. The van der Waals surface area contributed by atoms with Crippen molar-refractivity contribution in [3.8, 4) is 0 Å². The lowest BCUT2D eigenvalue weighted by Gasteiger charge is -2.54. The SMILES string of the molecule is CC(=O)OC[C@]1(C)CCC2=C1CC[C@H]1[C@H]2CCC23OC2C(=O)CC[C@]13C. The molecular formula is C22H30O4. The van der Waals surface area contributed by atoms with Crippen molar-refractivity contribution < 1.29 is 19.1 Å². The molecule has 0 amide bonds. The average molecular weight is 358 g/mol. The number of Topliss-reactive ketones (excluding diaryl/α,β-unsaturated/α-hetero) is 1. The molecule has 0 N–H and O–H groups in total. The molecule has 5 rings (SSSR count). The second kappa shape index (κ2) is 5.21. The van der Waals surface area contributed by atoms with Crippen molar-refractivity contribution in [1.82, 2.24) is 0 Å². The van der Waals surface area contributed by atoms with E-state index in [1.165, 1.54) is 13.3 Å². The number of epoxide rings is 1. The molecule has 26 heavy (non-hydrogen) atoms. The predicted molar refractivity (Wildman–Crippen MR) is 96.4 cm³/mol. The zero-order valence-corrected chi connectivity index (χ0v) is 16.2. The van der Waals surface area contributed by atoms with Crippen LogP contribution in [0.5, 0.6) is 0 Å². The first-order valence-electron chi connectivity index (χ1n) is 10.4. The predicted octanol–water partition coefficient (Wildman–Crippen LogP) is 3.97. The van der Waals surface area contributed by atoms with Gasteiger partial charge < -0.3 is 9.47 Å². The molecule has 1 heterocycles. The molecule has 1 spiro atoms. The second-order valence-electron chi connectivity index (χ2n) is 9.91. The van der Waals surface area contributed by atoms with Crippen LogP contribution in [0.2, 0.25) is 0 Å². The molecule has 4 heteroatoms. The fourth-order valence-electron chi connectivity index (χ4n) is 7.28. The molecule has 0 aromatic rings. The van der Waals surface area contributed by atoms with Gasteiger partial charge in [0.25, 0.3) is 0 Å². The Balaban J connectivity index is 1.45. The van der Waals surface area contributed by atoms with E-state index in [9.17, 15) is 9.59 Å². The van der Waals surface area contributed by atoms with Crippen LogP contribution < -0.4 is 0 Å². The number of carbonyl (C=O) groups is 2. The summed E-state index contributed by atoms with van der Waals surface area (Å²) < 4.78 is 11.6. The molecule has 4 aliphatic carbocycles. The monoisotopic (exact) mass is 358 g/mol. The van der Waals surface area contributed by atoms with Crippen molar-refractivity contribution in [2.24, 2.45) is 22.7 Å². The van der Waals surface area contributed by atoms with Gasteiger partial charge in [0.1, 0.15) is 18.3 Å². The second-order valence-corrected chi connectivity index (χ2v) is 9.91. The molecule has 6 atom stereocenters. The van der Waals surface area contributed by atoms with Gasteiger partial charge in [-0.05, 0) is 56.8 Å². The number of fused-ring (bicyclic) bond motifs is 3. The molecule has 1 saturated heterocycles. The molecule has 142 valence electrons. The Morgan fingerprint density at radius 2 is 1.96 bits per heavy atom. The van der Waals surface area contributed by atoms with E-state index in [-0.39, 0.29) is 28.5 Å². The van der Waals surface area contributed by atoms with Gasteiger partial charge in [-0.1, -0.05) is 25.0 Å². The van der Waals surface area contributed by atoms with Gasteiger partial charge in [-0.3, -0.25) is 9.59 Å². The molecule has 0 bridgehead atoms. The van der Waals surface area contributed by atoms with Crippen LogP contribution in [0.3, 0.4) is 0 Å². The lowest BCUT2D eigenvalue weighted by Crippen LogP contribution is -2.54. The largest absolute Gasteiger partial charge is 0.465 e. The van der Waals surface area contributed by atoms with Gasteiger partial charge in [0, 0.05) is 24.2 Å². The lowest BCUT2D eigenvalue weighted by atomic mass is 9.48. The zero-order valence-electron chi connectivity index (χ0n) is 16.2. The van der Waals surface area contributed by atoms with Gasteiger partial charge in [0.05, 0.1) is 0 Å². The summed E-state index contributed by atoms with van der Waals surface area (Å²) in [5, 5.41) is 0. The van der Waals surface area contributed by atoms with Gasteiger partial charge in [-0.2, -0.15) is 0 Å². The van der Waals surface area contributed by atoms with Crippen molar-refractivity contribution in [1.29, 1.82) is 0 Å². The van der Waals surface area contributed by atoms with E-state index in [0.29, 0.717) is 30.6 Å². The Kier molecular flexibility index (Phi) is 3.40. The van der Waals surface area contributed by atoms with Gasteiger partial charge in [0.15, 0.2) is 5.78 Å². The van der Waals surface area contributed by atoms with E-state index in [1.807, 2.05) is 0 Å². The van der Waals surface area contributed by atoms with Crippen LogP contribution in [-0.4, -0.2) is 30.1 Å². The molecule has 1 aliphatic heterocycles. The van der Waals surface area contributed by atoms with Crippen LogP contribution >= 0.6 is 0 Å². The van der Waals surface area contributed by atoms with Gasteiger partial charge in [-0.25, -0.2) is 0 Å². The van der Waals surface area contributed by atoms with Crippen LogP contribution in [-0.2, 0) is 19.1 Å². The van der Waals surface area contributed by atoms with Crippen LogP contribution in [0.1, 0.15) is 72.1 Å². The number of allylic oxidation sites excluding steroid dienone is 1. The number of carbonyl (C=O) groups excluding carboxylic acids is 2. The topological polar surface area (TPSA) is 55.9 Å². The van der Waals surface area contributed by atoms with Crippen molar-refractivity contribution in [3.63, 3.8) is 0 Å². The summed E-state index contributed by atoms with van der Waals surface area (Å²) in [7, 11) is 0. The van der Waals surface area contributed by atoms with E-state index in [0.717, 1.165) is 38.5 Å². The van der Waals surface area contributed by atoms with Crippen LogP contribution in [0.25, 0.3) is 0 Å². The molecule has 5 aliphatic rings. The molecule has 0 radical (unpaired) electrons. The number of ketones is 1. The van der Waals surface area contributed by atoms with Gasteiger partial charge in [0.2, 0.25) is 0 Å². The highest BCUT2D eigenvalue weighted by atomic mass is 16.6. The minimum absolute atomic E-state index is 0.0309. The van der Waals surface area contributed by atoms with E-state index in [4.69, 9.17) is 9.47 Å². The Labute approximate surface area is 155 Å². The number of hydrogen-bond acceptors (Lipinski definition) is 4. The highest BCUT2D eigenvalue weighted by Gasteiger charge is 2.75. The number of esters is 1. The number of rotatable bonds is 2. The maximum absolute atomic E-state index is 12.2. The molecular weight excluding hydrogens is 328 g/mol. The normalized spacial score (nSPS) is 49.0. The Morgan fingerprint density at radius 3 is 2.73 bits per heavy atom. The Hall–Kier alpha value is -1.16. The highest BCUT2D eigenvalue weighted by Crippen LogP contribution is 2.70. The summed E-state index contributed by atoms with van der Waals surface area (Å²) in [6.07, 6.45) is 8.37. The molecule has 0 aromatic carbocycles. The van der Waals surface area contributed by atoms with Crippen LogP contribution in [0.4, 0.5) is 0 Å². The molecule has 2 saturated carbocycles. The fourth-order valence-corrected chi connectivity index (χ4v) is 7.28. The van der Waals surface area contributed by atoms with E-state index < -0.39 is 0 Å². The van der Waals surface area contributed by atoms with Gasteiger partial charge in [-0.15, -0.1) is 0 Å². The minimum atomic E-state index is -0.176. The maximum atomic E-state index is 12.2. The highest BCUT2D eigenvalue weighted by molar-refractivity contribution is 5.88. The first kappa shape index (κ1) is 17.0. The summed E-state index contributed by atoms with van der Waals surface area (Å²) in [6.45, 7) is 6.72. The quantitative estimate of drug-likeness (QED) is 0.426. The first-order chi connectivity index (χ1) is 12.3. The third kappa shape index (κ3) is 2.00. The Morgan fingerprint density at radius 1 is 1.15 bits per heavy atom. The molecule has 3 fully saturated rings. The third-order valence-electron chi connectivity index (χ3n) is 8.78. The average Bonchev–Trinajstić information content (AvgIpc) is 3.27. The molecule has 0 aromatic heterocycles. The van der Waals surface area contributed by atoms with Crippen molar-refractivity contribution in [2.75, 3.05) is 6.61 Å². The number of ether oxygens (including phenoxy) is 2. The van der Waals surface area contributed by atoms with Crippen LogP contribution in [0, 0.1) is 22.7 Å². The summed E-state index contributed by atoms with van der Waals surface area (Å²) in [5.74, 6) is 1.45. The summed E-state index contributed by atoms with van der Waals surface area (Å²) in [6, 6.07) is 0. The Bertz CT molecular complexity index is 724. The third-order valence-corrected chi connectivity index (χ3v) is 8.78. The maximum Gasteiger partial charge on any atom is 0.302 e.